The molecule has 0 bridgehead atoms. The zero-order chi connectivity index (χ0) is 14.5. The quantitative estimate of drug-likeness (QED) is 0.319. The van der Waals surface area contributed by atoms with E-state index in [9.17, 15) is 10.1 Å². The van der Waals surface area contributed by atoms with E-state index in [1.165, 1.54) is 22.6 Å². The Balaban J connectivity index is 2.55. The normalized spacial score (nSPS) is 11.8. The molecule has 0 radical (unpaired) electrons. The lowest BCUT2D eigenvalue weighted by Gasteiger charge is -2.15. The van der Waals surface area contributed by atoms with E-state index in [-0.39, 0.29) is 12.4 Å². The monoisotopic (exact) mass is 303 g/mol. The minimum atomic E-state index is -1.10. The molecule has 19 heavy (non-hydrogen) atoms. The van der Waals surface area contributed by atoms with Crippen LogP contribution in [0.15, 0.2) is 6.20 Å². The van der Waals surface area contributed by atoms with E-state index < -0.39 is 13.0 Å². The van der Waals surface area contributed by atoms with Crippen LogP contribution in [-0.4, -0.2) is 35.6 Å². The first kappa shape index (κ1) is 16.2. The van der Waals surface area contributed by atoms with Crippen LogP contribution in [0.2, 0.25) is 25.7 Å². The molecule has 0 aliphatic rings. The first-order valence-electron chi connectivity index (χ1n) is 6.11. The molecule has 1 aromatic rings. The molecule has 0 aliphatic carbocycles. The van der Waals surface area contributed by atoms with Gasteiger partial charge in [-0.1, -0.05) is 19.6 Å². The van der Waals surface area contributed by atoms with Gasteiger partial charge in [0.05, 0.1) is 4.92 Å². The number of ether oxygens (including phenoxy) is 1. The van der Waals surface area contributed by atoms with Crippen LogP contribution in [0.25, 0.3) is 0 Å². The van der Waals surface area contributed by atoms with E-state index in [2.05, 4.69) is 24.7 Å². The van der Waals surface area contributed by atoms with Gasteiger partial charge in [0.1, 0.15) is 18.6 Å². The molecule has 0 atom stereocenters. The number of thioether (sulfide) groups is 1. The summed E-state index contributed by atoms with van der Waals surface area (Å²) < 4.78 is 7.04. The third-order valence-corrected chi connectivity index (χ3v) is 4.78. The second-order valence-electron chi connectivity index (χ2n) is 5.54. The van der Waals surface area contributed by atoms with Crippen molar-refractivity contribution < 1.29 is 9.66 Å². The summed E-state index contributed by atoms with van der Waals surface area (Å²) in [6, 6.07) is 1.08. The largest absolute Gasteiger partial charge is 0.360 e. The van der Waals surface area contributed by atoms with Crippen LogP contribution in [0.1, 0.15) is 5.69 Å². The maximum absolute atomic E-state index is 10.9. The first-order valence-corrected chi connectivity index (χ1v) is 11.2. The Bertz CT molecular complexity index is 431. The molecule has 0 unspecified atom stereocenters. The summed E-state index contributed by atoms with van der Waals surface area (Å²) in [5.74, 6) is 0.540. The van der Waals surface area contributed by atoms with Gasteiger partial charge in [-0.05, 0) is 12.3 Å². The summed E-state index contributed by atoms with van der Waals surface area (Å²) in [5.41, 5.74) is 0.578. The van der Waals surface area contributed by atoms with Crippen LogP contribution in [0.4, 0.5) is 5.69 Å². The minimum Gasteiger partial charge on any atom is -0.360 e. The van der Waals surface area contributed by atoms with Gasteiger partial charge in [0.15, 0.2) is 0 Å². The summed E-state index contributed by atoms with van der Waals surface area (Å²) in [4.78, 5) is 10.5. The van der Waals surface area contributed by atoms with Crippen molar-refractivity contribution >= 4 is 25.5 Å². The van der Waals surface area contributed by atoms with E-state index in [0.717, 1.165) is 6.04 Å². The fourth-order valence-electron chi connectivity index (χ4n) is 1.45. The lowest BCUT2D eigenvalue weighted by atomic mass is 10.4. The van der Waals surface area contributed by atoms with Crippen LogP contribution in [0, 0.1) is 10.1 Å². The van der Waals surface area contributed by atoms with Gasteiger partial charge in [-0.25, -0.2) is 4.68 Å². The SMILES string of the molecule is CSCc1nn(COCC[Si](C)(C)C)cc1[N+](=O)[O-]. The van der Waals surface area contributed by atoms with Crippen LogP contribution >= 0.6 is 11.8 Å². The maximum atomic E-state index is 10.9. The van der Waals surface area contributed by atoms with Crippen molar-refractivity contribution in [2.24, 2.45) is 0 Å². The molecule has 8 heteroatoms. The predicted molar refractivity (Wildman–Crippen MR) is 80.2 cm³/mol. The van der Waals surface area contributed by atoms with Gasteiger partial charge in [0, 0.05) is 20.4 Å². The first-order chi connectivity index (χ1) is 8.83. The standard InChI is InChI=1S/C11H21N3O3SSi/c1-18-8-10-11(14(15)16)7-13(12-10)9-17-5-6-19(2,3)4/h7H,5-6,8-9H2,1-4H3. The third-order valence-electron chi connectivity index (χ3n) is 2.51. The maximum Gasteiger partial charge on any atom is 0.311 e. The third kappa shape index (κ3) is 5.75. The van der Waals surface area contributed by atoms with Gasteiger partial charge in [-0.2, -0.15) is 16.9 Å². The number of aromatic nitrogens is 2. The molecule has 0 spiro atoms. The van der Waals surface area contributed by atoms with Crippen molar-refractivity contribution in [3.05, 3.63) is 22.0 Å². The lowest BCUT2D eigenvalue weighted by Crippen LogP contribution is -2.22. The molecule has 1 heterocycles. The fraction of sp³-hybridized carbons (Fsp3) is 0.727. The molecule has 0 saturated heterocycles. The smallest absolute Gasteiger partial charge is 0.311 e. The molecule has 0 fully saturated rings. The molecule has 1 aromatic heterocycles. The highest BCUT2D eigenvalue weighted by Crippen LogP contribution is 2.20. The van der Waals surface area contributed by atoms with E-state index in [0.29, 0.717) is 18.1 Å². The Kier molecular flexibility index (Phi) is 6.02. The van der Waals surface area contributed by atoms with Crippen LogP contribution in [-0.2, 0) is 17.2 Å². The van der Waals surface area contributed by atoms with E-state index in [1.54, 1.807) is 0 Å². The topological polar surface area (TPSA) is 70.2 Å². The van der Waals surface area contributed by atoms with Crippen molar-refractivity contribution in [2.45, 2.75) is 38.2 Å². The number of hydrogen-bond acceptors (Lipinski definition) is 5. The Morgan fingerprint density at radius 1 is 1.53 bits per heavy atom. The highest BCUT2D eigenvalue weighted by molar-refractivity contribution is 7.97. The molecule has 0 saturated carbocycles. The summed E-state index contributed by atoms with van der Waals surface area (Å²) in [6.45, 7) is 7.81. The fourth-order valence-corrected chi connectivity index (χ4v) is 2.68. The zero-order valence-electron chi connectivity index (χ0n) is 11.9. The summed E-state index contributed by atoms with van der Waals surface area (Å²) in [5, 5.41) is 15.1. The molecular weight excluding hydrogens is 282 g/mol. The molecule has 1 rings (SSSR count). The molecule has 0 N–H and O–H groups in total. The molecule has 108 valence electrons. The van der Waals surface area contributed by atoms with Gasteiger partial charge < -0.3 is 4.74 Å². The number of nitro groups is 1. The van der Waals surface area contributed by atoms with Gasteiger partial charge in [0.25, 0.3) is 0 Å². The van der Waals surface area contributed by atoms with Crippen LogP contribution in [0.5, 0.6) is 0 Å². The van der Waals surface area contributed by atoms with Gasteiger partial charge in [-0.15, -0.1) is 0 Å². The highest BCUT2D eigenvalue weighted by Gasteiger charge is 2.19. The summed E-state index contributed by atoms with van der Waals surface area (Å²) in [6.07, 6.45) is 3.34. The molecule has 0 amide bonds. The van der Waals surface area contributed by atoms with Crippen molar-refractivity contribution in [3.8, 4) is 0 Å². The van der Waals surface area contributed by atoms with E-state index in [4.69, 9.17) is 4.74 Å². The number of hydrogen-bond donors (Lipinski definition) is 0. The molecule has 0 aromatic carbocycles. The minimum absolute atomic E-state index is 0.0724. The van der Waals surface area contributed by atoms with Crippen LogP contribution < -0.4 is 0 Å². The Morgan fingerprint density at radius 3 is 2.74 bits per heavy atom. The number of nitrogens with zero attached hydrogens (tertiary/aromatic N) is 3. The molecule has 0 aliphatic heterocycles. The van der Waals surface area contributed by atoms with Crippen LogP contribution in [0.3, 0.4) is 0 Å². The average molecular weight is 303 g/mol. The summed E-state index contributed by atoms with van der Waals surface area (Å²) in [7, 11) is -1.10. The second-order valence-corrected chi connectivity index (χ2v) is 12.0. The lowest BCUT2D eigenvalue weighted by molar-refractivity contribution is -0.385. The second kappa shape index (κ2) is 7.06. The van der Waals surface area contributed by atoms with Crippen molar-refractivity contribution in [3.63, 3.8) is 0 Å². The van der Waals surface area contributed by atoms with E-state index >= 15 is 0 Å². The highest BCUT2D eigenvalue weighted by atomic mass is 32.2. The number of rotatable bonds is 8. The Labute approximate surface area is 118 Å². The van der Waals surface area contributed by atoms with Gasteiger partial charge in [-0.3, -0.25) is 10.1 Å². The molecule has 6 nitrogen and oxygen atoms in total. The summed E-state index contributed by atoms with van der Waals surface area (Å²) >= 11 is 1.52. The van der Waals surface area contributed by atoms with E-state index in [1.807, 2.05) is 6.26 Å². The Morgan fingerprint density at radius 2 is 2.21 bits per heavy atom. The molecular formula is C11H21N3O3SSi. The van der Waals surface area contributed by atoms with Gasteiger partial charge in [0.2, 0.25) is 0 Å². The zero-order valence-corrected chi connectivity index (χ0v) is 13.7. The Hall–Kier alpha value is -0.863. The van der Waals surface area contributed by atoms with Crippen molar-refractivity contribution in [1.29, 1.82) is 0 Å². The van der Waals surface area contributed by atoms with Crippen molar-refractivity contribution in [2.75, 3.05) is 12.9 Å². The average Bonchev–Trinajstić information content (AvgIpc) is 2.67. The van der Waals surface area contributed by atoms with Gasteiger partial charge >= 0.3 is 5.69 Å². The predicted octanol–water partition coefficient (Wildman–Crippen LogP) is 2.97. The van der Waals surface area contributed by atoms with Crippen molar-refractivity contribution in [1.82, 2.24) is 9.78 Å².